The lowest BCUT2D eigenvalue weighted by atomic mass is 10.1. The summed E-state index contributed by atoms with van der Waals surface area (Å²) < 4.78 is 5.42. The Labute approximate surface area is 114 Å². The molecule has 1 aromatic rings. The van der Waals surface area contributed by atoms with Gasteiger partial charge in [0.1, 0.15) is 11.9 Å². The van der Waals surface area contributed by atoms with Crippen LogP contribution in [0.5, 0.6) is 0 Å². The van der Waals surface area contributed by atoms with E-state index in [1.54, 1.807) is 6.20 Å². The van der Waals surface area contributed by atoms with Crippen molar-refractivity contribution in [2.75, 3.05) is 31.7 Å². The molecular formula is C14H21N3O2. The molecule has 0 aliphatic heterocycles. The van der Waals surface area contributed by atoms with Gasteiger partial charge in [0, 0.05) is 32.6 Å². The van der Waals surface area contributed by atoms with Crippen LogP contribution in [0.3, 0.4) is 0 Å². The van der Waals surface area contributed by atoms with Crippen LogP contribution in [-0.2, 0) is 4.74 Å². The van der Waals surface area contributed by atoms with Crippen LogP contribution < -0.4 is 5.32 Å². The number of aliphatic hydroxyl groups excluding tert-OH is 1. The van der Waals surface area contributed by atoms with Gasteiger partial charge < -0.3 is 15.2 Å². The molecule has 5 heteroatoms. The van der Waals surface area contributed by atoms with Crippen LogP contribution >= 0.6 is 0 Å². The molecule has 0 saturated carbocycles. The minimum atomic E-state index is 0.223. The van der Waals surface area contributed by atoms with Gasteiger partial charge in [-0.3, -0.25) is 0 Å². The number of nitriles is 1. The third-order valence-corrected chi connectivity index (χ3v) is 2.73. The highest BCUT2D eigenvalue weighted by Gasteiger charge is 2.05. The molecule has 0 spiro atoms. The van der Waals surface area contributed by atoms with Gasteiger partial charge >= 0.3 is 0 Å². The molecule has 104 valence electrons. The second-order valence-corrected chi connectivity index (χ2v) is 4.29. The summed E-state index contributed by atoms with van der Waals surface area (Å²) in [7, 11) is 0. The Morgan fingerprint density at radius 1 is 1.37 bits per heavy atom. The lowest BCUT2D eigenvalue weighted by molar-refractivity contribution is 0.125. The molecular weight excluding hydrogens is 242 g/mol. The van der Waals surface area contributed by atoms with E-state index in [1.807, 2.05) is 13.0 Å². The number of unbranched alkanes of at least 4 members (excludes halogenated alkanes) is 1. The highest BCUT2D eigenvalue weighted by atomic mass is 16.5. The minimum absolute atomic E-state index is 0.223. The van der Waals surface area contributed by atoms with Crippen molar-refractivity contribution in [2.45, 2.75) is 26.2 Å². The summed E-state index contributed by atoms with van der Waals surface area (Å²) in [5, 5.41) is 20.8. The Balaban J connectivity index is 2.20. The molecule has 1 aromatic heterocycles. The molecule has 1 rings (SSSR count). The second-order valence-electron chi connectivity index (χ2n) is 4.29. The number of nitrogens with zero attached hydrogens (tertiary/aromatic N) is 2. The number of rotatable bonds is 9. The van der Waals surface area contributed by atoms with Crippen molar-refractivity contribution in [3.63, 3.8) is 0 Å². The van der Waals surface area contributed by atoms with Crippen molar-refractivity contribution >= 4 is 5.82 Å². The lowest BCUT2D eigenvalue weighted by Crippen LogP contribution is -2.09. The zero-order chi connectivity index (χ0) is 13.9. The Morgan fingerprint density at radius 3 is 2.89 bits per heavy atom. The fourth-order valence-corrected chi connectivity index (χ4v) is 1.63. The standard InChI is InChI=1S/C14H21N3O2/c1-12-5-7-17-14(13(12)11-15)16-6-4-10-19-9-3-2-8-18/h5,7,18H,2-4,6,8-10H2,1H3,(H,16,17). The molecule has 1 heterocycles. The smallest absolute Gasteiger partial charge is 0.144 e. The van der Waals surface area contributed by atoms with E-state index in [2.05, 4.69) is 16.4 Å². The quantitative estimate of drug-likeness (QED) is 0.665. The largest absolute Gasteiger partial charge is 0.396 e. The molecule has 0 atom stereocenters. The van der Waals surface area contributed by atoms with Crippen LogP contribution in [0.15, 0.2) is 12.3 Å². The number of hydrogen-bond acceptors (Lipinski definition) is 5. The van der Waals surface area contributed by atoms with E-state index in [0.29, 0.717) is 24.6 Å². The first-order valence-corrected chi connectivity index (χ1v) is 6.57. The first-order chi connectivity index (χ1) is 9.29. The highest BCUT2D eigenvalue weighted by molar-refractivity contribution is 5.55. The number of hydrogen-bond donors (Lipinski definition) is 2. The number of anilines is 1. The van der Waals surface area contributed by atoms with Crippen LogP contribution in [0.1, 0.15) is 30.4 Å². The van der Waals surface area contributed by atoms with Gasteiger partial charge in [-0.2, -0.15) is 5.26 Å². The van der Waals surface area contributed by atoms with E-state index >= 15 is 0 Å². The Bertz CT molecular complexity index is 416. The fraction of sp³-hybridized carbons (Fsp3) is 0.571. The van der Waals surface area contributed by atoms with Crippen LogP contribution in [0.2, 0.25) is 0 Å². The van der Waals surface area contributed by atoms with Gasteiger partial charge in [0.05, 0.1) is 5.56 Å². The van der Waals surface area contributed by atoms with Gasteiger partial charge in [-0.05, 0) is 37.8 Å². The lowest BCUT2D eigenvalue weighted by Gasteiger charge is -2.08. The molecule has 0 aliphatic rings. The van der Waals surface area contributed by atoms with Gasteiger partial charge in [0.2, 0.25) is 0 Å². The zero-order valence-corrected chi connectivity index (χ0v) is 11.4. The molecule has 0 bridgehead atoms. The van der Waals surface area contributed by atoms with Crippen molar-refractivity contribution in [3.8, 4) is 6.07 Å². The molecule has 0 fully saturated rings. The zero-order valence-electron chi connectivity index (χ0n) is 11.4. The van der Waals surface area contributed by atoms with E-state index in [1.165, 1.54) is 0 Å². The number of aryl methyl sites for hydroxylation is 1. The fourth-order valence-electron chi connectivity index (χ4n) is 1.63. The Kier molecular flexibility index (Phi) is 7.56. The summed E-state index contributed by atoms with van der Waals surface area (Å²) in [4.78, 5) is 4.17. The van der Waals surface area contributed by atoms with Gasteiger partial charge in [0.25, 0.3) is 0 Å². The third-order valence-electron chi connectivity index (χ3n) is 2.73. The number of pyridine rings is 1. The Morgan fingerprint density at radius 2 is 2.16 bits per heavy atom. The van der Waals surface area contributed by atoms with Crippen molar-refractivity contribution < 1.29 is 9.84 Å². The molecule has 5 nitrogen and oxygen atoms in total. The van der Waals surface area contributed by atoms with Crippen molar-refractivity contribution in [1.29, 1.82) is 5.26 Å². The second kappa shape index (κ2) is 9.31. The number of nitrogens with one attached hydrogen (secondary N) is 1. The Hall–Kier alpha value is -1.64. The number of aromatic nitrogens is 1. The maximum Gasteiger partial charge on any atom is 0.144 e. The monoisotopic (exact) mass is 263 g/mol. The number of aliphatic hydroxyl groups is 1. The van der Waals surface area contributed by atoms with Crippen LogP contribution in [0.25, 0.3) is 0 Å². The average Bonchev–Trinajstić information content (AvgIpc) is 2.42. The normalized spacial score (nSPS) is 10.2. The minimum Gasteiger partial charge on any atom is -0.396 e. The topological polar surface area (TPSA) is 78.2 Å². The maximum absolute atomic E-state index is 9.05. The SMILES string of the molecule is Cc1ccnc(NCCCOCCCCO)c1C#N. The van der Waals surface area contributed by atoms with Gasteiger partial charge in [-0.1, -0.05) is 0 Å². The molecule has 0 saturated heterocycles. The third kappa shape index (κ3) is 5.69. The molecule has 0 unspecified atom stereocenters. The maximum atomic E-state index is 9.05. The summed E-state index contributed by atoms with van der Waals surface area (Å²) >= 11 is 0. The van der Waals surface area contributed by atoms with Crippen molar-refractivity contribution in [2.24, 2.45) is 0 Å². The molecule has 2 N–H and O–H groups in total. The van der Waals surface area contributed by atoms with Crippen LogP contribution in [-0.4, -0.2) is 36.5 Å². The van der Waals surface area contributed by atoms with Gasteiger partial charge in [-0.25, -0.2) is 4.98 Å². The summed E-state index contributed by atoms with van der Waals surface area (Å²) in [6, 6.07) is 3.99. The summed E-state index contributed by atoms with van der Waals surface area (Å²) in [6.45, 7) is 4.21. The molecule has 0 aliphatic carbocycles. The molecule has 0 amide bonds. The van der Waals surface area contributed by atoms with E-state index in [9.17, 15) is 0 Å². The number of ether oxygens (including phenoxy) is 1. The molecule has 0 radical (unpaired) electrons. The molecule has 0 aromatic carbocycles. The van der Waals surface area contributed by atoms with E-state index < -0.39 is 0 Å². The van der Waals surface area contributed by atoms with E-state index in [4.69, 9.17) is 15.1 Å². The summed E-state index contributed by atoms with van der Waals surface area (Å²) in [6.07, 6.45) is 4.24. The van der Waals surface area contributed by atoms with Crippen LogP contribution in [0, 0.1) is 18.3 Å². The van der Waals surface area contributed by atoms with Gasteiger partial charge in [-0.15, -0.1) is 0 Å². The van der Waals surface area contributed by atoms with Crippen molar-refractivity contribution in [1.82, 2.24) is 4.98 Å². The van der Waals surface area contributed by atoms with E-state index in [-0.39, 0.29) is 6.61 Å². The van der Waals surface area contributed by atoms with E-state index in [0.717, 1.165) is 31.4 Å². The highest BCUT2D eigenvalue weighted by Crippen LogP contribution is 2.14. The summed E-state index contributed by atoms with van der Waals surface area (Å²) in [5.74, 6) is 0.641. The predicted molar refractivity (Wildman–Crippen MR) is 73.9 cm³/mol. The van der Waals surface area contributed by atoms with Crippen molar-refractivity contribution in [3.05, 3.63) is 23.4 Å². The first-order valence-electron chi connectivity index (χ1n) is 6.57. The van der Waals surface area contributed by atoms with Gasteiger partial charge in [0.15, 0.2) is 0 Å². The average molecular weight is 263 g/mol. The summed E-state index contributed by atoms with van der Waals surface area (Å²) in [5.41, 5.74) is 1.53. The predicted octanol–water partition coefficient (Wildman–Crippen LogP) is 1.85. The van der Waals surface area contributed by atoms with Crippen LogP contribution in [0.4, 0.5) is 5.82 Å². The molecule has 19 heavy (non-hydrogen) atoms. The first kappa shape index (κ1) is 15.4.